The molecule has 18 heavy (non-hydrogen) atoms. The second-order valence-electron chi connectivity index (χ2n) is 2.84. The molecule has 0 spiro atoms. The van der Waals surface area contributed by atoms with Gasteiger partial charge in [0.05, 0.1) is 4.92 Å². The minimum Gasteiger partial charge on any atom is -0.477 e. The average molecular weight is 268 g/mol. The van der Waals surface area contributed by atoms with Gasteiger partial charge in [0, 0.05) is 6.07 Å². The van der Waals surface area contributed by atoms with Crippen LogP contribution in [0.1, 0.15) is 10.4 Å². The number of ether oxygens (including phenoxy) is 1. The van der Waals surface area contributed by atoms with Crippen molar-refractivity contribution in [1.29, 1.82) is 0 Å². The van der Waals surface area contributed by atoms with Gasteiger partial charge in [-0.05, 0) is 0 Å². The Kier molecular flexibility index (Phi) is 3.26. The van der Waals surface area contributed by atoms with E-state index in [9.17, 15) is 32.9 Å². The molecule has 0 radical (unpaired) electrons. The second kappa shape index (κ2) is 4.35. The quantitative estimate of drug-likeness (QED) is 0.619. The van der Waals surface area contributed by atoms with Crippen LogP contribution in [0.25, 0.3) is 0 Å². The Morgan fingerprint density at radius 1 is 1.50 bits per heavy atom. The molecule has 1 rings (SSSR count). The lowest BCUT2D eigenvalue weighted by atomic mass is 10.2. The highest BCUT2D eigenvalue weighted by Crippen LogP contribution is 2.28. The van der Waals surface area contributed by atoms with Gasteiger partial charge in [0.2, 0.25) is 0 Å². The van der Waals surface area contributed by atoms with E-state index in [0.717, 1.165) is 0 Å². The fourth-order valence-corrected chi connectivity index (χ4v) is 0.990. The second-order valence-corrected chi connectivity index (χ2v) is 2.84. The molecule has 98 valence electrons. The Morgan fingerprint density at radius 2 is 2.06 bits per heavy atom. The van der Waals surface area contributed by atoms with Crippen LogP contribution in [0.5, 0.6) is 5.88 Å². The molecule has 0 aliphatic heterocycles. The predicted molar refractivity (Wildman–Crippen MR) is 47.4 cm³/mol. The molecule has 1 aromatic rings. The largest absolute Gasteiger partial charge is 0.574 e. The van der Waals surface area contributed by atoms with Crippen molar-refractivity contribution in [3.05, 3.63) is 32.1 Å². The van der Waals surface area contributed by atoms with Gasteiger partial charge in [-0.15, -0.1) is 13.2 Å². The molecule has 8 nitrogen and oxygen atoms in total. The number of aromatic amines is 1. The van der Waals surface area contributed by atoms with Gasteiger partial charge >= 0.3 is 18.0 Å². The highest BCUT2D eigenvalue weighted by atomic mass is 19.4. The molecular formula is C7H3F3N2O6. The Morgan fingerprint density at radius 3 is 2.44 bits per heavy atom. The number of aromatic carboxylic acids is 1. The zero-order valence-corrected chi connectivity index (χ0v) is 8.15. The first-order valence-corrected chi connectivity index (χ1v) is 4.02. The maximum Gasteiger partial charge on any atom is 0.574 e. The van der Waals surface area contributed by atoms with Crippen LogP contribution in [0, 0.1) is 10.1 Å². The molecule has 0 bridgehead atoms. The number of nitro groups is 1. The van der Waals surface area contributed by atoms with Crippen molar-refractivity contribution in [2.75, 3.05) is 0 Å². The van der Waals surface area contributed by atoms with Gasteiger partial charge in [0.15, 0.2) is 0 Å². The van der Waals surface area contributed by atoms with E-state index in [1.807, 2.05) is 0 Å². The zero-order valence-electron chi connectivity index (χ0n) is 8.15. The minimum atomic E-state index is -5.27. The number of carbonyl (C=O) groups is 1. The monoisotopic (exact) mass is 268 g/mol. The number of hydrogen-bond donors (Lipinski definition) is 2. The van der Waals surface area contributed by atoms with Gasteiger partial charge in [-0.3, -0.25) is 19.9 Å². The summed E-state index contributed by atoms with van der Waals surface area (Å²) in [4.78, 5) is 32.0. The smallest absolute Gasteiger partial charge is 0.477 e. The molecule has 0 fully saturated rings. The number of nitrogens with zero attached hydrogens (tertiary/aromatic N) is 1. The molecular weight excluding hydrogens is 265 g/mol. The molecule has 0 saturated heterocycles. The number of carboxylic acid groups (broad SMARTS) is 1. The van der Waals surface area contributed by atoms with Crippen LogP contribution in [-0.2, 0) is 0 Å². The van der Waals surface area contributed by atoms with Gasteiger partial charge in [0.1, 0.15) is 5.56 Å². The molecule has 0 aliphatic carbocycles. The molecule has 1 aromatic heterocycles. The van der Waals surface area contributed by atoms with Crippen LogP contribution in [0.4, 0.5) is 18.9 Å². The SMILES string of the molecule is O=C(O)c1cc([N+](=O)[O-])c(OC(F)(F)F)[nH]c1=O. The number of aromatic nitrogens is 1. The Balaban J connectivity index is 3.44. The third-order valence-corrected chi connectivity index (χ3v) is 1.63. The van der Waals surface area contributed by atoms with Crippen molar-refractivity contribution in [3.63, 3.8) is 0 Å². The summed E-state index contributed by atoms with van der Waals surface area (Å²) in [7, 11) is 0. The van der Waals surface area contributed by atoms with Crippen molar-refractivity contribution in [3.8, 4) is 5.88 Å². The van der Waals surface area contributed by atoms with E-state index < -0.39 is 39.9 Å². The molecule has 0 atom stereocenters. The summed E-state index contributed by atoms with van der Waals surface area (Å²) in [5.41, 5.74) is -3.84. The number of rotatable bonds is 3. The zero-order chi connectivity index (χ0) is 14.1. The van der Waals surface area contributed by atoms with Crippen LogP contribution >= 0.6 is 0 Å². The highest BCUT2D eigenvalue weighted by molar-refractivity contribution is 5.88. The summed E-state index contributed by atoms with van der Waals surface area (Å²) in [5.74, 6) is -3.31. The normalized spacial score (nSPS) is 11.1. The topological polar surface area (TPSA) is 123 Å². The molecule has 0 unspecified atom stereocenters. The Hall–Kier alpha value is -2.59. The first kappa shape index (κ1) is 13.5. The first-order chi connectivity index (χ1) is 8.11. The van der Waals surface area contributed by atoms with Gasteiger partial charge in [-0.2, -0.15) is 0 Å². The fourth-order valence-electron chi connectivity index (χ4n) is 0.990. The minimum absolute atomic E-state index is 0.183. The molecule has 0 saturated carbocycles. The number of H-pyrrole nitrogens is 1. The van der Waals surface area contributed by atoms with E-state index in [1.165, 1.54) is 4.98 Å². The van der Waals surface area contributed by atoms with Gasteiger partial charge < -0.3 is 9.84 Å². The lowest BCUT2D eigenvalue weighted by molar-refractivity contribution is -0.389. The third kappa shape index (κ3) is 2.96. The fraction of sp³-hybridized carbons (Fsp3) is 0.143. The molecule has 11 heteroatoms. The Bertz CT molecular complexity index is 563. The van der Waals surface area contributed by atoms with Crippen LogP contribution < -0.4 is 10.3 Å². The van der Waals surface area contributed by atoms with E-state index in [2.05, 4.69) is 4.74 Å². The number of alkyl halides is 3. The predicted octanol–water partition coefficient (Wildman–Crippen LogP) is 0.880. The van der Waals surface area contributed by atoms with E-state index in [1.54, 1.807) is 0 Å². The summed E-state index contributed by atoms with van der Waals surface area (Å²) < 4.78 is 38.9. The third-order valence-electron chi connectivity index (χ3n) is 1.63. The lowest BCUT2D eigenvalue weighted by Gasteiger charge is -2.08. The first-order valence-electron chi connectivity index (χ1n) is 4.02. The lowest BCUT2D eigenvalue weighted by Crippen LogP contribution is -2.24. The number of carboxylic acids is 1. The maximum absolute atomic E-state index is 11.9. The van der Waals surface area contributed by atoms with E-state index in [4.69, 9.17) is 5.11 Å². The number of pyridine rings is 1. The highest BCUT2D eigenvalue weighted by Gasteiger charge is 2.36. The summed E-state index contributed by atoms with van der Waals surface area (Å²) in [6.45, 7) is 0. The van der Waals surface area contributed by atoms with Crippen molar-refractivity contribution < 1.29 is 32.7 Å². The van der Waals surface area contributed by atoms with Crippen molar-refractivity contribution in [2.45, 2.75) is 6.36 Å². The molecule has 0 aliphatic rings. The van der Waals surface area contributed by atoms with Crippen LogP contribution in [-0.4, -0.2) is 27.3 Å². The van der Waals surface area contributed by atoms with Gasteiger partial charge in [-0.1, -0.05) is 0 Å². The standard InChI is InChI=1S/C7H3F3N2O6/c8-7(9,10)18-5-3(12(16)17)1-2(6(14)15)4(13)11-5/h1H,(H,11,13)(H,14,15). The number of nitrogens with one attached hydrogen (secondary N) is 1. The van der Waals surface area contributed by atoms with Crippen molar-refractivity contribution in [1.82, 2.24) is 4.98 Å². The summed E-state index contributed by atoms with van der Waals surface area (Å²) in [6.07, 6.45) is -5.27. The Labute approximate surface area is 94.8 Å². The summed E-state index contributed by atoms with van der Waals surface area (Å²) >= 11 is 0. The molecule has 0 aromatic carbocycles. The summed E-state index contributed by atoms with van der Waals surface area (Å²) in [5, 5.41) is 18.9. The van der Waals surface area contributed by atoms with Gasteiger partial charge in [0.25, 0.3) is 11.4 Å². The van der Waals surface area contributed by atoms with E-state index in [0.29, 0.717) is 0 Å². The number of halogens is 3. The molecule has 2 N–H and O–H groups in total. The molecule has 1 heterocycles. The average Bonchev–Trinajstić information content (AvgIpc) is 2.13. The van der Waals surface area contributed by atoms with Crippen LogP contribution in [0.15, 0.2) is 10.9 Å². The van der Waals surface area contributed by atoms with Crippen LogP contribution in [0.2, 0.25) is 0 Å². The molecule has 0 amide bonds. The maximum atomic E-state index is 11.9. The van der Waals surface area contributed by atoms with Crippen molar-refractivity contribution in [2.24, 2.45) is 0 Å². The van der Waals surface area contributed by atoms with Crippen LogP contribution in [0.3, 0.4) is 0 Å². The van der Waals surface area contributed by atoms with E-state index >= 15 is 0 Å². The summed E-state index contributed by atoms with van der Waals surface area (Å²) in [6, 6.07) is 0.183. The van der Waals surface area contributed by atoms with Gasteiger partial charge in [-0.25, -0.2) is 4.79 Å². The number of hydrogen-bond acceptors (Lipinski definition) is 5. The van der Waals surface area contributed by atoms with Crippen molar-refractivity contribution >= 4 is 11.7 Å². The van der Waals surface area contributed by atoms with E-state index in [-0.39, 0.29) is 6.07 Å².